The van der Waals surface area contributed by atoms with E-state index in [2.05, 4.69) is 36.4 Å². The smallest absolute Gasteiger partial charge is 0.0314 e. The molecule has 2 rings (SSSR count). The molecule has 0 spiro atoms. The molecule has 0 aromatic heterocycles. The Kier molecular flexibility index (Phi) is 3.39. The second-order valence-electron chi connectivity index (χ2n) is 3.76. The maximum Gasteiger partial charge on any atom is 0.0314 e. The van der Waals surface area contributed by atoms with Crippen molar-refractivity contribution in [2.45, 2.75) is 6.42 Å². The van der Waals surface area contributed by atoms with Crippen molar-refractivity contribution < 1.29 is 0 Å². The van der Waals surface area contributed by atoms with Gasteiger partial charge in [-0.3, -0.25) is 0 Å². The third kappa shape index (κ3) is 2.99. The first-order valence-corrected chi connectivity index (χ1v) is 5.40. The van der Waals surface area contributed by atoms with Gasteiger partial charge in [0, 0.05) is 5.69 Å². The molecule has 1 nitrogen and oxygen atoms in total. The molecule has 0 saturated heterocycles. The minimum absolute atomic E-state index is 0.816. The van der Waals surface area contributed by atoms with E-state index >= 15 is 0 Å². The summed E-state index contributed by atoms with van der Waals surface area (Å²) in [5, 5.41) is 0. The topological polar surface area (TPSA) is 26.0 Å². The van der Waals surface area contributed by atoms with Crippen LogP contribution in [0.2, 0.25) is 0 Å². The van der Waals surface area contributed by atoms with Gasteiger partial charge in [0.1, 0.15) is 0 Å². The Bertz CT molecular complexity index is 455. The first kappa shape index (κ1) is 10.5. The number of allylic oxidation sites excluding steroid dienone is 1. The van der Waals surface area contributed by atoms with Gasteiger partial charge in [0.15, 0.2) is 0 Å². The lowest BCUT2D eigenvalue weighted by atomic mass is 10.1. The number of hydrogen-bond donors (Lipinski definition) is 1. The minimum atomic E-state index is 0.816. The van der Waals surface area contributed by atoms with Crippen LogP contribution in [-0.4, -0.2) is 0 Å². The summed E-state index contributed by atoms with van der Waals surface area (Å²) in [4.78, 5) is 0. The van der Waals surface area contributed by atoms with E-state index in [1.807, 2.05) is 30.3 Å². The van der Waals surface area contributed by atoms with Gasteiger partial charge in [-0.25, -0.2) is 0 Å². The first-order chi connectivity index (χ1) is 7.84. The number of rotatable bonds is 3. The van der Waals surface area contributed by atoms with Gasteiger partial charge in [-0.05, 0) is 29.7 Å². The van der Waals surface area contributed by atoms with Crippen molar-refractivity contribution >= 4 is 11.8 Å². The van der Waals surface area contributed by atoms with Crippen LogP contribution in [0.15, 0.2) is 60.7 Å². The summed E-state index contributed by atoms with van der Waals surface area (Å²) in [7, 11) is 0. The van der Waals surface area contributed by atoms with Gasteiger partial charge in [-0.1, -0.05) is 54.6 Å². The number of nitrogen functional groups attached to an aromatic ring is 1. The van der Waals surface area contributed by atoms with Crippen molar-refractivity contribution in [3.05, 3.63) is 71.8 Å². The second-order valence-corrected chi connectivity index (χ2v) is 3.76. The molecule has 80 valence electrons. The van der Waals surface area contributed by atoms with Gasteiger partial charge in [0.05, 0.1) is 0 Å². The SMILES string of the molecule is Nc1ccc(CC=Cc2ccccc2)cc1. The summed E-state index contributed by atoms with van der Waals surface area (Å²) >= 11 is 0. The van der Waals surface area contributed by atoms with Gasteiger partial charge in [0.25, 0.3) is 0 Å². The van der Waals surface area contributed by atoms with Crippen molar-refractivity contribution in [1.29, 1.82) is 0 Å². The summed E-state index contributed by atoms with van der Waals surface area (Å²) < 4.78 is 0. The molecule has 16 heavy (non-hydrogen) atoms. The van der Waals surface area contributed by atoms with Crippen molar-refractivity contribution in [3.8, 4) is 0 Å². The van der Waals surface area contributed by atoms with Crippen LogP contribution in [0.1, 0.15) is 11.1 Å². The molecule has 0 aliphatic rings. The maximum absolute atomic E-state index is 5.63. The predicted octanol–water partition coefficient (Wildman–Crippen LogP) is 3.52. The molecule has 2 aromatic rings. The Morgan fingerprint density at radius 2 is 1.56 bits per heavy atom. The Labute approximate surface area is 96.2 Å². The van der Waals surface area contributed by atoms with Crippen LogP contribution < -0.4 is 5.73 Å². The quantitative estimate of drug-likeness (QED) is 0.769. The van der Waals surface area contributed by atoms with E-state index in [1.165, 1.54) is 11.1 Å². The third-order valence-electron chi connectivity index (χ3n) is 2.44. The molecule has 0 fully saturated rings. The van der Waals surface area contributed by atoms with Crippen molar-refractivity contribution in [2.75, 3.05) is 5.73 Å². The highest BCUT2D eigenvalue weighted by Crippen LogP contribution is 2.08. The lowest BCUT2D eigenvalue weighted by Gasteiger charge is -1.97. The zero-order valence-electron chi connectivity index (χ0n) is 9.14. The normalized spacial score (nSPS) is 10.8. The highest BCUT2D eigenvalue weighted by Gasteiger charge is 1.89. The molecule has 0 aliphatic heterocycles. The Morgan fingerprint density at radius 3 is 2.25 bits per heavy atom. The fourth-order valence-corrected chi connectivity index (χ4v) is 1.55. The molecule has 1 heteroatoms. The average Bonchev–Trinajstić information content (AvgIpc) is 2.33. The summed E-state index contributed by atoms with van der Waals surface area (Å²) in [6.45, 7) is 0. The molecule has 0 aliphatic carbocycles. The second kappa shape index (κ2) is 5.17. The van der Waals surface area contributed by atoms with Crippen LogP contribution in [0, 0.1) is 0 Å². The molecule has 0 saturated carbocycles. The molecule has 0 radical (unpaired) electrons. The zero-order valence-corrected chi connectivity index (χ0v) is 9.14. The van der Waals surface area contributed by atoms with Crippen molar-refractivity contribution in [2.24, 2.45) is 0 Å². The fraction of sp³-hybridized carbons (Fsp3) is 0.0667. The lowest BCUT2D eigenvalue weighted by Crippen LogP contribution is -1.85. The van der Waals surface area contributed by atoms with Crippen molar-refractivity contribution in [1.82, 2.24) is 0 Å². The zero-order chi connectivity index (χ0) is 11.2. The minimum Gasteiger partial charge on any atom is -0.399 e. The van der Waals surface area contributed by atoms with E-state index in [0.717, 1.165) is 12.1 Å². The Morgan fingerprint density at radius 1 is 0.875 bits per heavy atom. The van der Waals surface area contributed by atoms with Gasteiger partial charge in [-0.2, -0.15) is 0 Å². The highest BCUT2D eigenvalue weighted by atomic mass is 14.5. The van der Waals surface area contributed by atoms with Crippen molar-refractivity contribution in [3.63, 3.8) is 0 Å². The number of nitrogens with two attached hydrogens (primary N) is 1. The summed E-state index contributed by atoms with van der Waals surface area (Å²) in [5.41, 5.74) is 8.96. The van der Waals surface area contributed by atoms with E-state index in [9.17, 15) is 0 Å². The van der Waals surface area contributed by atoms with Crippen LogP contribution in [0.4, 0.5) is 5.69 Å². The van der Waals surface area contributed by atoms with Crippen LogP contribution in [-0.2, 0) is 6.42 Å². The maximum atomic E-state index is 5.63. The van der Waals surface area contributed by atoms with Crippen LogP contribution >= 0.6 is 0 Å². The van der Waals surface area contributed by atoms with E-state index in [-0.39, 0.29) is 0 Å². The average molecular weight is 209 g/mol. The van der Waals surface area contributed by atoms with E-state index < -0.39 is 0 Å². The summed E-state index contributed by atoms with van der Waals surface area (Å²) in [5.74, 6) is 0. The molecular weight excluding hydrogens is 194 g/mol. The molecule has 0 bridgehead atoms. The van der Waals surface area contributed by atoms with Gasteiger partial charge in [0.2, 0.25) is 0 Å². The van der Waals surface area contributed by atoms with E-state index in [1.54, 1.807) is 0 Å². The molecule has 0 unspecified atom stereocenters. The van der Waals surface area contributed by atoms with E-state index in [4.69, 9.17) is 5.73 Å². The molecular formula is C15H15N. The molecule has 2 aromatic carbocycles. The molecule has 0 amide bonds. The fourth-order valence-electron chi connectivity index (χ4n) is 1.55. The number of benzene rings is 2. The monoisotopic (exact) mass is 209 g/mol. The Hall–Kier alpha value is -2.02. The van der Waals surface area contributed by atoms with Gasteiger partial charge >= 0.3 is 0 Å². The van der Waals surface area contributed by atoms with Crippen LogP contribution in [0.3, 0.4) is 0 Å². The number of anilines is 1. The van der Waals surface area contributed by atoms with Crippen LogP contribution in [0.25, 0.3) is 6.08 Å². The van der Waals surface area contributed by atoms with Gasteiger partial charge in [-0.15, -0.1) is 0 Å². The lowest BCUT2D eigenvalue weighted by molar-refractivity contribution is 1.28. The summed E-state index contributed by atoms with van der Waals surface area (Å²) in [6, 6.07) is 18.3. The molecule has 0 heterocycles. The first-order valence-electron chi connectivity index (χ1n) is 5.40. The molecule has 0 atom stereocenters. The highest BCUT2D eigenvalue weighted by molar-refractivity contribution is 5.49. The largest absolute Gasteiger partial charge is 0.399 e. The molecule has 2 N–H and O–H groups in total. The third-order valence-corrected chi connectivity index (χ3v) is 2.44. The standard InChI is InChI=1S/C15H15N/c16-15-11-9-14(10-12-15)8-4-7-13-5-2-1-3-6-13/h1-7,9-12H,8,16H2. The Balaban J connectivity index is 1.97. The summed E-state index contributed by atoms with van der Waals surface area (Å²) in [6.07, 6.45) is 5.24. The predicted molar refractivity (Wildman–Crippen MR) is 70.0 cm³/mol. The van der Waals surface area contributed by atoms with Crippen LogP contribution in [0.5, 0.6) is 0 Å². The van der Waals surface area contributed by atoms with Gasteiger partial charge < -0.3 is 5.73 Å². The number of hydrogen-bond acceptors (Lipinski definition) is 1. The van der Waals surface area contributed by atoms with E-state index in [0.29, 0.717) is 0 Å².